The van der Waals surface area contributed by atoms with Gasteiger partial charge in [-0.25, -0.2) is 5.01 Å². The summed E-state index contributed by atoms with van der Waals surface area (Å²) in [5, 5.41) is 4.36. The number of anilines is 1. The lowest BCUT2D eigenvalue weighted by atomic mass is 10.1. The zero-order chi connectivity index (χ0) is 10.8. The Labute approximate surface area is 90.2 Å². The van der Waals surface area contributed by atoms with Crippen LogP contribution in [0, 0.1) is 0 Å². The average Bonchev–Trinajstić information content (AvgIpc) is 2.57. The predicted octanol–water partition coefficient (Wildman–Crippen LogP) is 0.821. The van der Waals surface area contributed by atoms with E-state index in [4.69, 9.17) is 10.5 Å². The van der Waals surface area contributed by atoms with Gasteiger partial charge >= 0.3 is 0 Å². The highest BCUT2D eigenvalue weighted by molar-refractivity contribution is 5.61. The topological polar surface area (TPSA) is 41.7 Å². The van der Waals surface area contributed by atoms with Gasteiger partial charge in [-0.3, -0.25) is 0 Å². The fraction of sp³-hybridized carbons (Fsp3) is 0.455. The van der Waals surface area contributed by atoms with Gasteiger partial charge in [-0.05, 0) is 12.1 Å². The fourth-order valence-electron chi connectivity index (χ4n) is 2.03. The van der Waals surface area contributed by atoms with E-state index in [0.29, 0.717) is 6.54 Å². The third-order valence-corrected chi connectivity index (χ3v) is 2.83. The zero-order valence-electron chi connectivity index (χ0n) is 9.23. The molecule has 4 nitrogen and oxygen atoms in total. The van der Waals surface area contributed by atoms with Crippen molar-refractivity contribution in [2.75, 3.05) is 32.3 Å². The fourth-order valence-corrected chi connectivity index (χ4v) is 2.03. The molecule has 0 aromatic heterocycles. The Bertz CT molecular complexity index is 354. The molecule has 1 aromatic carbocycles. The van der Waals surface area contributed by atoms with Crippen LogP contribution >= 0.6 is 0 Å². The number of fused-ring (bicyclic) bond motifs is 1. The van der Waals surface area contributed by atoms with E-state index in [0.717, 1.165) is 18.8 Å². The van der Waals surface area contributed by atoms with Crippen molar-refractivity contribution in [3.05, 3.63) is 23.8 Å². The summed E-state index contributed by atoms with van der Waals surface area (Å²) in [5.41, 5.74) is 8.03. The molecule has 1 heterocycles. The van der Waals surface area contributed by atoms with Crippen molar-refractivity contribution < 1.29 is 4.74 Å². The van der Waals surface area contributed by atoms with Gasteiger partial charge in [0, 0.05) is 32.2 Å². The summed E-state index contributed by atoms with van der Waals surface area (Å²) in [6.45, 7) is 2.42. The second-order valence-corrected chi connectivity index (χ2v) is 3.66. The minimum atomic E-state index is 0.667. The lowest BCUT2D eigenvalue weighted by molar-refractivity contribution is 0.284. The van der Waals surface area contributed by atoms with E-state index in [1.54, 1.807) is 7.11 Å². The molecule has 1 aliphatic heterocycles. The molecule has 2 rings (SSSR count). The molecule has 82 valence electrons. The largest absolute Gasteiger partial charge is 0.496 e. The quantitative estimate of drug-likeness (QED) is 0.797. The Kier molecular flexibility index (Phi) is 2.79. The first-order valence-electron chi connectivity index (χ1n) is 5.12. The van der Waals surface area contributed by atoms with E-state index in [9.17, 15) is 0 Å². The number of benzene rings is 1. The lowest BCUT2D eigenvalue weighted by Crippen LogP contribution is -2.37. The number of ether oxygens (including phenoxy) is 1. The number of nitrogens with zero attached hydrogens (tertiary/aromatic N) is 2. The number of methoxy groups -OCH3 is 1. The van der Waals surface area contributed by atoms with Gasteiger partial charge in [0.2, 0.25) is 0 Å². The SMILES string of the molecule is COc1cccc2c1CN(CCN)N2C. The molecule has 4 heteroatoms. The van der Waals surface area contributed by atoms with Crippen LogP contribution in [-0.2, 0) is 6.54 Å². The van der Waals surface area contributed by atoms with Crippen LogP contribution in [0.25, 0.3) is 0 Å². The molecule has 0 radical (unpaired) electrons. The van der Waals surface area contributed by atoms with Gasteiger partial charge in [-0.15, -0.1) is 0 Å². The van der Waals surface area contributed by atoms with Crippen molar-refractivity contribution in [2.24, 2.45) is 5.73 Å². The van der Waals surface area contributed by atoms with Gasteiger partial charge in [0.25, 0.3) is 0 Å². The Hall–Kier alpha value is -1.26. The number of hydrazine groups is 1. The van der Waals surface area contributed by atoms with Gasteiger partial charge in [0.05, 0.1) is 12.8 Å². The molecule has 0 aliphatic carbocycles. The summed E-state index contributed by atoms with van der Waals surface area (Å²) >= 11 is 0. The molecule has 0 unspecified atom stereocenters. The van der Waals surface area contributed by atoms with E-state index in [1.165, 1.54) is 11.3 Å². The molecule has 0 fully saturated rings. The van der Waals surface area contributed by atoms with Crippen LogP contribution in [0.3, 0.4) is 0 Å². The van der Waals surface area contributed by atoms with E-state index in [1.807, 2.05) is 12.1 Å². The second kappa shape index (κ2) is 4.08. The molecule has 0 saturated carbocycles. The van der Waals surface area contributed by atoms with Gasteiger partial charge in [-0.1, -0.05) is 6.07 Å². The Balaban J connectivity index is 2.31. The van der Waals surface area contributed by atoms with Crippen LogP contribution in [0.4, 0.5) is 5.69 Å². The van der Waals surface area contributed by atoms with E-state index >= 15 is 0 Å². The molecule has 0 amide bonds. The number of hydrogen-bond acceptors (Lipinski definition) is 4. The molecular weight excluding hydrogens is 190 g/mol. The monoisotopic (exact) mass is 207 g/mol. The summed E-state index contributed by atoms with van der Waals surface area (Å²) in [7, 11) is 3.77. The minimum Gasteiger partial charge on any atom is -0.496 e. The Morgan fingerprint density at radius 2 is 2.27 bits per heavy atom. The highest BCUT2D eigenvalue weighted by atomic mass is 16.5. The third-order valence-electron chi connectivity index (χ3n) is 2.83. The second-order valence-electron chi connectivity index (χ2n) is 3.66. The van der Waals surface area contributed by atoms with Crippen LogP contribution in [0.2, 0.25) is 0 Å². The van der Waals surface area contributed by atoms with Crippen LogP contribution in [0.5, 0.6) is 5.75 Å². The summed E-state index contributed by atoms with van der Waals surface area (Å²) < 4.78 is 5.35. The van der Waals surface area contributed by atoms with Gasteiger partial charge < -0.3 is 15.5 Å². The number of nitrogens with two attached hydrogens (primary N) is 1. The molecule has 15 heavy (non-hydrogen) atoms. The molecule has 0 bridgehead atoms. The zero-order valence-corrected chi connectivity index (χ0v) is 9.23. The van der Waals surface area contributed by atoms with E-state index in [2.05, 4.69) is 23.1 Å². The van der Waals surface area contributed by atoms with Gasteiger partial charge in [-0.2, -0.15) is 0 Å². The van der Waals surface area contributed by atoms with Crippen molar-refractivity contribution in [3.8, 4) is 5.75 Å². The maximum Gasteiger partial charge on any atom is 0.125 e. The summed E-state index contributed by atoms with van der Waals surface area (Å²) in [4.78, 5) is 0. The van der Waals surface area contributed by atoms with Crippen LogP contribution < -0.4 is 15.5 Å². The van der Waals surface area contributed by atoms with Crippen molar-refractivity contribution in [1.29, 1.82) is 0 Å². The van der Waals surface area contributed by atoms with Crippen molar-refractivity contribution in [2.45, 2.75) is 6.54 Å². The molecular formula is C11H17N3O. The highest BCUT2D eigenvalue weighted by Crippen LogP contribution is 2.35. The number of rotatable bonds is 3. The molecule has 1 aromatic rings. The molecule has 0 spiro atoms. The first-order chi connectivity index (χ1) is 7.27. The Morgan fingerprint density at radius 3 is 2.93 bits per heavy atom. The third kappa shape index (κ3) is 1.66. The summed E-state index contributed by atoms with van der Waals surface area (Å²) in [5.74, 6) is 0.957. The number of hydrogen-bond donors (Lipinski definition) is 1. The molecule has 0 atom stereocenters. The van der Waals surface area contributed by atoms with Gasteiger partial charge in [0.1, 0.15) is 5.75 Å². The lowest BCUT2D eigenvalue weighted by Gasteiger charge is -2.25. The standard InChI is InChI=1S/C11H17N3O/c1-13-10-4-3-5-11(15-2)9(10)8-14(13)7-6-12/h3-5H,6-8,12H2,1-2H3. The molecule has 1 aliphatic rings. The maximum absolute atomic E-state index is 5.58. The average molecular weight is 207 g/mol. The predicted molar refractivity (Wildman–Crippen MR) is 60.9 cm³/mol. The molecule has 2 N–H and O–H groups in total. The summed E-state index contributed by atoms with van der Waals surface area (Å²) in [6.07, 6.45) is 0. The van der Waals surface area contributed by atoms with Crippen molar-refractivity contribution >= 4 is 5.69 Å². The van der Waals surface area contributed by atoms with Gasteiger partial charge in [0.15, 0.2) is 0 Å². The normalized spacial score (nSPS) is 15.5. The van der Waals surface area contributed by atoms with Crippen molar-refractivity contribution in [3.63, 3.8) is 0 Å². The summed E-state index contributed by atoms with van der Waals surface area (Å²) in [6, 6.07) is 6.12. The maximum atomic E-state index is 5.58. The molecule has 0 saturated heterocycles. The highest BCUT2D eigenvalue weighted by Gasteiger charge is 2.25. The first-order valence-corrected chi connectivity index (χ1v) is 5.12. The van der Waals surface area contributed by atoms with Crippen molar-refractivity contribution in [1.82, 2.24) is 5.01 Å². The smallest absolute Gasteiger partial charge is 0.125 e. The van der Waals surface area contributed by atoms with Crippen LogP contribution in [0.15, 0.2) is 18.2 Å². The Morgan fingerprint density at radius 1 is 1.47 bits per heavy atom. The van der Waals surface area contributed by atoms with E-state index in [-0.39, 0.29) is 0 Å². The van der Waals surface area contributed by atoms with E-state index < -0.39 is 0 Å². The van der Waals surface area contributed by atoms with Crippen LogP contribution in [0.1, 0.15) is 5.56 Å². The van der Waals surface area contributed by atoms with Crippen LogP contribution in [-0.4, -0.2) is 32.3 Å². The minimum absolute atomic E-state index is 0.667. The first kappa shape index (κ1) is 10.3.